The number of carbonyl (C=O) groups is 1. The molecule has 0 saturated heterocycles. The maximum atomic E-state index is 12.4. The third kappa shape index (κ3) is 3.85. The van der Waals surface area contributed by atoms with E-state index < -0.39 is 0 Å². The quantitative estimate of drug-likeness (QED) is 0.673. The second kappa shape index (κ2) is 7.90. The van der Waals surface area contributed by atoms with Gasteiger partial charge in [0.15, 0.2) is 0 Å². The number of benzene rings is 1. The van der Waals surface area contributed by atoms with Crippen LogP contribution in [0, 0.1) is 0 Å². The third-order valence-corrected chi connectivity index (χ3v) is 4.02. The average molecular weight is 338 g/mol. The maximum Gasteiger partial charge on any atom is 0.251 e. The molecule has 1 amide bonds. The first-order valence-corrected chi connectivity index (χ1v) is 8.44. The number of nitrogens with zero attached hydrogens (tertiary/aromatic N) is 3. The van der Waals surface area contributed by atoms with Crippen LogP contribution in [0.15, 0.2) is 48.8 Å². The highest BCUT2D eigenvalue weighted by atomic mass is 16.5. The number of hydrogen-bond acceptors (Lipinski definition) is 4. The highest BCUT2D eigenvalue weighted by Crippen LogP contribution is 2.21. The van der Waals surface area contributed by atoms with Gasteiger partial charge in [0, 0.05) is 31.1 Å². The second-order valence-electron chi connectivity index (χ2n) is 5.74. The van der Waals surface area contributed by atoms with Crippen molar-refractivity contribution in [1.82, 2.24) is 19.9 Å². The molecule has 0 saturated carbocycles. The summed E-state index contributed by atoms with van der Waals surface area (Å²) in [6, 6.07) is 11.1. The van der Waals surface area contributed by atoms with Crippen LogP contribution in [0.1, 0.15) is 36.1 Å². The minimum Gasteiger partial charge on any atom is -0.380 e. The zero-order valence-electron chi connectivity index (χ0n) is 14.5. The Kier molecular flexibility index (Phi) is 5.40. The van der Waals surface area contributed by atoms with E-state index in [4.69, 9.17) is 9.72 Å². The van der Waals surface area contributed by atoms with Crippen LogP contribution in [-0.4, -0.2) is 33.7 Å². The van der Waals surface area contributed by atoms with Gasteiger partial charge in [-0.05, 0) is 38.1 Å². The molecule has 0 aliphatic carbocycles. The van der Waals surface area contributed by atoms with E-state index in [-0.39, 0.29) is 11.9 Å². The standard InChI is InChI=1S/C19H22N4O2/c1-3-25-13-12-23-17-7-5-4-6-16(17)22-18(23)14(2)21-19(24)15-8-10-20-11-9-15/h4-11,14H,3,12-13H2,1-2H3,(H,21,24). The zero-order valence-corrected chi connectivity index (χ0v) is 14.5. The summed E-state index contributed by atoms with van der Waals surface area (Å²) >= 11 is 0. The minimum absolute atomic E-state index is 0.140. The van der Waals surface area contributed by atoms with Crippen molar-refractivity contribution in [1.29, 1.82) is 0 Å². The fourth-order valence-electron chi connectivity index (χ4n) is 2.81. The number of imidazole rings is 1. The van der Waals surface area contributed by atoms with Gasteiger partial charge in [0.2, 0.25) is 0 Å². The van der Waals surface area contributed by atoms with Gasteiger partial charge in [-0.1, -0.05) is 12.1 Å². The van der Waals surface area contributed by atoms with Gasteiger partial charge in [-0.25, -0.2) is 4.98 Å². The van der Waals surface area contributed by atoms with Gasteiger partial charge in [-0.15, -0.1) is 0 Å². The Morgan fingerprint density at radius 1 is 1.24 bits per heavy atom. The molecule has 0 fully saturated rings. The molecule has 130 valence electrons. The number of pyridine rings is 1. The lowest BCUT2D eigenvalue weighted by atomic mass is 10.2. The number of aromatic nitrogens is 3. The first-order valence-electron chi connectivity index (χ1n) is 8.44. The van der Waals surface area contributed by atoms with Crippen molar-refractivity contribution in [2.75, 3.05) is 13.2 Å². The molecular weight excluding hydrogens is 316 g/mol. The van der Waals surface area contributed by atoms with E-state index in [2.05, 4.69) is 14.9 Å². The summed E-state index contributed by atoms with van der Waals surface area (Å²) in [7, 11) is 0. The van der Waals surface area contributed by atoms with Crippen LogP contribution in [0.25, 0.3) is 11.0 Å². The molecule has 6 nitrogen and oxygen atoms in total. The summed E-state index contributed by atoms with van der Waals surface area (Å²) < 4.78 is 7.61. The lowest BCUT2D eigenvalue weighted by Gasteiger charge is -2.16. The van der Waals surface area contributed by atoms with Gasteiger partial charge in [-0.3, -0.25) is 9.78 Å². The topological polar surface area (TPSA) is 69.0 Å². The van der Waals surface area contributed by atoms with Crippen molar-refractivity contribution in [2.45, 2.75) is 26.4 Å². The number of ether oxygens (including phenoxy) is 1. The second-order valence-corrected chi connectivity index (χ2v) is 5.74. The molecule has 3 rings (SSSR count). The molecule has 0 aliphatic heterocycles. The summed E-state index contributed by atoms with van der Waals surface area (Å²) in [6.45, 7) is 5.90. The van der Waals surface area contributed by atoms with Crippen LogP contribution >= 0.6 is 0 Å². The molecular formula is C19H22N4O2. The molecule has 0 bridgehead atoms. The first-order chi connectivity index (χ1) is 12.2. The minimum atomic E-state index is -0.227. The number of rotatable bonds is 7. The number of fused-ring (bicyclic) bond motifs is 1. The summed E-state index contributed by atoms with van der Waals surface area (Å²) in [5.41, 5.74) is 2.54. The summed E-state index contributed by atoms with van der Waals surface area (Å²) in [5, 5.41) is 3.01. The van der Waals surface area contributed by atoms with Crippen LogP contribution in [0.4, 0.5) is 0 Å². The average Bonchev–Trinajstić information content (AvgIpc) is 3.01. The highest BCUT2D eigenvalue weighted by molar-refractivity contribution is 5.94. The molecule has 25 heavy (non-hydrogen) atoms. The van der Waals surface area contributed by atoms with Crippen LogP contribution in [0.5, 0.6) is 0 Å². The van der Waals surface area contributed by atoms with E-state index in [0.717, 1.165) is 16.9 Å². The Balaban J connectivity index is 1.85. The van der Waals surface area contributed by atoms with Crippen LogP contribution in [-0.2, 0) is 11.3 Å². The Morgan fingerprint density at radius 3 is 2.76 bits per heavy atom. The van der Waals surface area contributed by atoms with E-state index in [1.165, 1.54) is 0 Å². The molecule has 6 heteroatoms. The van der Waals surface area contributed by atoms with Gasteiger partial charge < -0.3 is 14.6 Å². The highest BCUT2D eigenvalue weighted by Gasteiger charge is 2.18. The number of hydrogen-bond donors (Lipinski definition) is 1. The van der Waals surface area contributed by atoms with E-state index >= 15 is 0 Å². The van der Waals surface area contributed by atoms with Crippen LogP contribution < -0.4 is 5.32 Å². The molecule has 0 aliphatic rings. The Bertz CT molecular complexity index is 845. The number of amides is 1. The lowest BCUT2D eigenvalue weighted by Crippen LogP contribution is -2.29. The van der Waals surface area contributed by atoms with E-state index in [1.807, 2.05) is 38.1 Å². The van der Waals surface area contributed by atoms with E-state index in [1.54, 1.807) is 24.5 Å². The van der Waals surface area contributed by atoms with Gasteiger partial charge in [0.05, 0.1) is 23.7 Å². The zero-order chi connectivity index (χ0) is 17.6. The predicted molar refractivity (Wildman–Crippen MR) is 96.3 cm³/mol. The van der Waals surface area contributed by atoms with Gasteiger partial charge in [-0.2, -0.15) is 0 Å². The van der Waals surface area contributed by atoms with Gasteiger partial charge in [0.1, 0.15) is 5.82 Å². The largest absolute Gasteiger partial charge is 0.380 e. The van der Waals surface area contributed by atoms with E-state index in [0.29, 0.717) is 25.3 Å². The molecule has 1 N–H and O–H groups in total. The number of para-hydroxylation sites is 2. The SMILES string of the molecule is CCOCCn1c(C(C)NC(=O)c2ccncc2)nc2ccccc21. The summed E-state index contributed by atoms with van der Waals surface area (Å²) in [4.78, 5) is 21.1. The van der Waals surface area contributed by atoms with Crippen LogP contribution in [0.2, 0.25) is 0 Å². The molecule has 1 atom stereocenters. The monoisotopic (exact) mass is 338 g/mol. The molecule has 2 aromatic heterocycles. The normalized spacial score (nSPS) is 12.2. The van der Waals surface area contributed by atoms with Crippen molar-refractivity contribution in [3.8, 4) is 0 Å². The number of carbonyl (C=O) groups excluding carboxylic acids is 1. The smallest absolute Gasteiger partial charge is 0.251 e. The third-order valence-electron chi connectivity index (χ3n) is 4.02. The molecule has 1 unspecified atom stereocenters. The Morgan fingerprint density at radius 2 is 2.00 bits per heavy atom. The molecule has 0 radical (unpaired) electrons. The van der Waals surface area contributed by atoms with Crippen molar-refractivity contribution in [2.24, 2.45) is 0 Å². The van der Waals surface area contributed by atoms with Gasteiger partial charge in [0.25, 0.3) is 5.91 Å². The number of nitrogens with one attached hydrogen (secondary N) is 1. The first kappa shape index (κ1) is 17.1. The summed E-state index contributed by atoms with van der Waals surface area (Å²) in [6.07, 6.45) is 3.22. The fraction of sp³-hybridized carbons (Fsp3) is 0.316. The lowest BCUT2D eigenvalue weighted by molar-refractivity contribution is 0.0937. The van der Waals surface area contributed by atoms with Crippen molar-refractivity contribution >= 4 is 16.9 Å². The Labute approximate surface area is 146 Å². The fourth-order valence-corrected chi connectivity index (χ4v) is 2.81. The molecule has 2 heterocycles. The predicted octanol–water partition coefficient (Wildman–Crippen LogP) is 2.96. The van der Waals surface area contributed by atoms with Crippen molar-refractivity contribution in [3.63, 3.8) is 0 Å². The van der Waals surface area contributed by atoms with E-state index in [9.17, 15) is 4.79 Å². The molecule has 0 spiro atoms. The van der Waals surface area contributed by atoms with Crippen LogP contribution in [0.3, 0.4) is 0 Å². The molecule has 1 aromatic carbocycles. The molecule has 3 aromatic rings. The Hall–Kier alpha value is -2.73. The van der Waals surface area contributed by atoms with Crippen molar-refractivity contribution < 1.29 is 9.53 Å². The maximum absolute atomic E-state index is 12.4. The summed E-state index contributed by atoms with van der Waals surface area (Å²) in [5.74, 6) is 0.682. The van der Waals surface area contributed by atoms with Gasteiger partial charge >= 0.3 is 0 Å². The van der Waals surface area contributed by atoms with Crippen molar-refractivity contribution in [3.05, 3.63) is 60.2 Å².